The van der Waals surface area contributed by atoms with Crippen molar-refractivity contribution in [1.29, 1.82) is 5.26 Å². The molecule has 3 heterocycles. The predicted molar refractivity (Wildman–Crippen MR) is 99.6 cm³/mol. The van der Waals surface area contributed by atoms with Crippen LogP contribution in [0.1, 0.15) is 36.2 Å². The van der Waals surface area contributed by atoms with Gasteiger partial charge in [-0.2, -0.15) is 14.0 Å². The third kappa shape index (κ3) is 4.72. The van der Waals surface area contributed by atoms with Crippen LogP contribution in [0.3, 0.4) is 0 Å². The molecule has 0 amide bonds. The zero-order valence-corrected chi connectivity index (χ0v) is 16.6. The molecule has 0 radical (unpaired) electrons. The van der Waals surface area contributed by atoms with Crippen molar-refractivity contribution < 1.29 is 21.6 Å². The lowest BCUT2D eigenvalue weighted by Crippen LogP contribution is -2.32. The molecular weight excluding hydrogens is 426 g/mol. The van der Waals surface area contributed by atoms with E-state index in [0.29, 0.717) is 16.3 Å². The molecule has 13 heteroatoms. The second-order valence-electron chi connectivity index (χ2n) is 5.73. The molecule has 3 aromatic heterocycles. The molecule has 3 aromatic rings. The summed E-state index contributed by atoms with van der Waals surface area (Å²) in [5, 5.41) is 16.3. The van der Waals surface area contributed by atoms with E-state index in [9.17, 15) is 17.2 Å². The fourth-order valence-corrected chi connectivity index (χ4v) is 4.76. The van der Waals surface area contributed by atoms with E-state index in [-0.39, 0.29) is 29.4 Å². The van der Waals surface area contributed by atoms with Crippen LogP contribution in [0.25, 0.3) is 10.8 Å². The number of sulfonamides is 1. The van der Waals surface area contributed by atoms with E-state index in [1.807, 2.05) is 6.07 Å². The Morgan fingerprint density at radius 1 is 1.31 bits per heavy atom. The summed E-state index contributed by atoms with van der Waals surface area (Å²) in [5.74, 6) is -1.04. The van der Waals surface area contributed by atoms with Crippen LogP contribution in [0.5, 0.6) is 0 Å². The number of nitriles is 1. The Kier molecular flexibility index (Phi) is 6.14. The predicted octanol–water partition coefficient (Wildman–Crippen LogP) is 3.14. The standard InChI is InChI=1S/C16H14F2N6O3S2/c1-2-3-29(25,26)24(11-4-10(5-19)6-20-7-11)9-13-21-8-12(28-13)15-22-23-16(27-15)14(17)18/h4,6-8,14H,2-3,9H2,1H3. The third-order valence-corrected chi connectivity index (χ3v) is 6.51. The molecule has 0 aliphatic heterocycles. The summed E-state index contributed by atoms with van der Waals surface area (Å²) < 4.78 is 56.8. The molecule has 0 atom stereocenters. The SMILES string of the molecule is CCCS(=O)(=O)N(Cc1ncc(-c2nnc(C(F)F)o2)s1)c1cncc(C#N)c1. The van der Waals surface area contributed by atoms with Gasteiger partial charge in [-0.3, -0.25) is 9.29 Å². The van der Waals surface area contributed by atoms with Crippen LogP contribution in [0.2, 0.25) is 0 Å². The highest BCUT2D eigenvalue weighted by Crippen LogP contribution is 2.30. The molecule has 0 aromatic carbocycles. The third-order valence-electron chi connectivity index (χ3n) is 3.61. The first-order chi connectivity index (χ1) is 13.8. The minimum Gasteiger partial charge on any atom is -0.414 e. The van der Waals surface area contributed by atoms with Gasteiger partial charge in [-0.05, 0) is 12.5 Å². The van der Waals surface area contributed by atoms with Crippen LogP contribution >= 0.6 is 11.3 Å². The van der Waals surface area contributed by atoms with Crippen molar-refractivity contribution >= 4 is 27.0 Å². The molecule has 152 valence electrons. The van der Waals surface area contributed by atoms with Crippen LogP contribution in [0.4, 0.5) is 14.5 Å². The number of hydrogen-bond acceptors (Lipinski definition) is 9. The van der Waals surface area contributed by atoms with E-state index >= 15 is 0 Å². The number of aromatic nitrogens is 4. The summed E-state index contributed by atoms with van der Waals surface area (Å²) in [5.41, 5.74) is 0.441. The lowest BCUT2D eigenvalue weighted by Gasteiger charge is -2.23. The molecule has 9 nitrogen and oxygen atoms in total. The number of hydrogen-bond donors (Lipinski definition) is 0. The smallest absolute Gasteiger partial charge is 0.314 e. The van der Waals surface area contributed by atoms with E-state index < -0.39 is 22.3 Å². The minimum absolute atomic E-state index is 0.108. The van der Waals surface area contributed by atoms with Gasteiger partial charge in [0, 0.05) is 6.20 Å². The van der Waals surface area contributed by atoms with Crippen LogP contribution in [0, 0.1) is 11.3 Å². The first-order valence-corrected chi connectivity index (χ1v) is 10.7. The minimum atomic E-state index is -3.71. The number of anilines is 1. The molecule has 0 spiro atoms. The van der Waals surface area contributed by atoms with Crippen molar-refractivity contribution in [2.75, 3.05) is 10.1 Å². The topological polar surface area (TPSA) is 126 Å². The Morgan fingerprint density at radius 2 is 2.10 bits per heavy atom. The second-order valence-corrected chi connectivity index (χ2v) is 8.86. The van der Waals surface area contributed by atoms with Gasteiger partial charge in [-0.15, -0.1) is 21.5 Å². The average Bonchev–Trinajstić information content (AvgIpc) is 3.35. The van der Waals surface area contributed by atoms with Gasteiger partial charge in [0.25, 0.3) is 11.8 Å². The normalized spacial score (nSPS) is 11.6. The van der Waals surface area contributed by atoms with Crippen molar-refractivity contribution in [2.24, 2.45) is 0 Å². The maximum atomic E-state index is 12.8. The molecule has 0 fully saturated rings. The summed E-state index contributed by atoms with van der Waals surface area (Å²) in [7, 11) is -3.71. The molecule has 0 bridgehead atoms. The van der Waals surface area contributed by atoms with E-state index in [1.54, 1.807) is 6.92 Å². The molecule has 0 unspecified atom stereocenters. The molecular formula is C16H14F2N6O3S2. The van der Waals surface area contributed by atoms with Gasteiger partial charge in [-0.1, -0.05) is 6.92 Å². The van der Waals surface area contributed by atoms with Crippen LogP contribution in [-0.4, -0.2) is 34.3 Å². The Balaban J connectivity index is 1.92. The zero-order chi connectivity index (χ0) is 21.0. The second kappa shape index (κ2) is 8.58. The molecule has 0 saturated carbocycles. The Labute approximate surface area is 168 Å². The van der Waals surface area contributed by atoms with E-state index in [0.717, 1.165) is 15.6 Å². The number of nitrogens with zero attached hydrogens (tertiary/aromatic N) is 6. The highest BCUT2D eigenvalue weighted by Gasteiger charge is 2.25. The maximum absolute atomic E-state index is 12.8. The molecule has 0 N–H and O–H groups in total. The summed E-state index contributed by atoms with van der Waals surface area (Å²) in [4.78, 5) is 8.38. The van der Waals surface area contributed by atoms with Crippen molar-refractivity contribution in [1.82, 2.24) is 20.2 Å². The number of alkyl halides is 2. The van der Waals surface area contributed by atoms with Crippen molar-refractivity contribution in [2.45, 2.75) is 26.3 Å². The van der Waals surface area contributed by atoms with Crippen molar-refractivity contribution in [3.05, 3.63) is 41.1 Å². The van der Waals surface area contributed by atoms with Crippen LogP contribution in [0.15, 0.2) is 29.1 Å². The molecule has 29 heavy (non-hydrogen) atoms. The largest absolute Gasteiger partial charge is 0.414 e. The average molecular weight is 440 g/mol. The molecule has 0 saturated heterocycles. The van der Waals surface area contributed by atoms with Gasteiger partial charge in [0.1, 0.15) is 16.0 Å². The monoisotopic (exact) mass is 440 g/mol. The van der Waals surface area contributed by atoms with Gasteiger partial charge in [0.2, 0.25) is 10.0 Å². The lowest BCUT2D eigenvalue weighted by atomic mass is 10.3. The quantitative estimate of drug-likeness (QED) is 0.523. The van der Waals surface area contributed by atoms with Crippen molar-refractivity contribution in [3.8, 4) is 16.8 Å². The first kappa shape index (κ1) is 20.7. The first-order valence-electron chi connectivity index (χ1n) is 8.26. The van der Waals surface area contributed by atoms with E-state index in [2.05, 4.69) is 20.2 Å². The number of thiazole rings is 1. The van der Waals surface area contributed by atoms with E-state index in [4.69, 9.17) is 9.68 Å². The highest BCUT2D eigenvalue weighted by molar-refractivity contribution is 7.92. The Hall–Kier alpha value is -2.98. The number of halogens is 2. The Bertz CT molecular complexity index is 1140. The van der Waals surface area contributed by atoms with Gasteiger partial charge >= 0.3 is 6.43 Å². The van der Waals surface area contributed by atoms with E-state index in [1.165, 1.54) is 24.7 Å². The Morgan fingerprint density at radius 3 is 2.76 bits per heavy atom. The lowest BCUT2D eigenvalue weighted by molar-refractivity contribution is 0.116. The maximum Gasteiger partial charge on any atom is 0.314 e. The molecule has 0 aliphatic carbocycles. The molecule has 0 aliphatic rings. The summed E-state index contributed by atoms with van der Waals surface area (Å²) in [6.07, 6.45) is 1.52. The fourth-order valence-electron chi connectivity index (χ4n) is 2.37. The number of rotatable bonds is 8. The zero-order valence-electron chi connectivity index (χ0n) is 15.0. The van der Waals surface area contributed by atoms with Gasteiger partial charge in [-0.25, -0.2) is 13.4 Å². The van der Waals surface area contributed by atoms with Crippen LogP contribution < -0.4 is 4.31 Å². The summed E-state index contributed by atoms with van der Waals surface area (Å²) in [6, 6.07) is 3.34. The fraction of sp³-hybridized carbons (Fsp3) is 0.312. The molecule has 3 rings (SSSR count). The number of pyridine rings is 1. The summed E-state index contributed by atoms with van der Waals surface area (Å²) >= 11 is 1.03. The van der Waals surface area contributed by atoms with Crippen LogP contribution in [-0.2, 0) is 16.6 Å². The van der Waals surface area contributed by atoms with Crippen molar-refractivity contribution in [3.63, 3.8) is 0 Å². The summed E-state index contributed by atoms with van der Waals surface area (Å²) in [6.45, 7) is 1.61. The van der Waals surface area contributed by atoms with Gasteiger partial charge < -0.3 is 4.42 Å². The van der Waals surface area contributed by atoms with Gasteiger partial charge in [0.15, 0.2) is 0 Å². The highest BCUT2D eigenvalue weighted by atomic mass is 32.2. The van der Waals surface area contributed by atoms with Gasteiger partial charge in [0.05, 0.1) is 35.9 Å².